The van der Waals surface area contributed by atoms with Crippen LogP contribution in [0.4, 0.5) is 4.39 Å². The van der Waals surface area contributed by atoms with E-state index in [0.29, 0.717) is 17.0 Å². The molecule has 1 amide bonds. The first kappa shape index (κ1) is 20.3. The van der Waals surface area contributed by atoms with Crippen molar-refractivity contribution in [2.75, 3.05) is 6.61 Å². The Morgan fingerprint density at radius 2 is 1.89 bits per heavy atom. The van der Waals surface area contributed by atoms with Crippen LogP contribution in [-0.2, 0) is 6.54 Å². The maximum atomic E-state index is 13.5. The van der Waals surface area contributed by atoms with Crippen molar-refractivity contribution in [2.24, 2.45) is 4.99 Å². The Labute approximate surface area is 168 Å². The van der Waals surface area contributed by atoms with Gasteiger partial charge in [0.25, 0.3) is 5.91 Å². The number of carbonyl (C=O) groups excluding carboxylic acids is 1. The molecule has 0 saturated carbocycles. The average Bonchev–Trinajstić information content (AvgIpc) is 3.02. The van der Waals surface area contributed by atoms with Gasteiger partial charge in [0.05, 0.1) is 16.8 Å². The SMILES string of the molecule is CCCCCOc1ccc(C(=O)N=c2sc3cc(F)ccc3n2CCC)cc1. The molecule has 6 heteroatoms. The van der Waals surface area contributed by atoms with E-state index in [1.807, 2.05) is 4.57 Å². The Kier molecular flexibility index (Phi) is 6.98. The molecule has 0 unspecified atom stereocenters. The first-order chi connectivity index (χ1) is 13.6. The fourth-order valence-corrected chi connectivity index (χ4v) is 4.04. The minimum atomic E-state index is -0.311. The molecule has 4 nitrogen and oxygen atoms in total. The van der Waals surface area contributed by atoms with E-state index in [0.717, 1.165) is 48.2 Å². The van der Waals surface area contributed by atoms with E-state index < -0.39 is 0 Å². The number of aryl methyl sites for hydroxylation is 1. The molecule has 0 aliphatic rings. The zero-order valence-corrected chi connectivity index (χ0v) is 17.1. The predicted molar refractivity (Wildman–Crippen MR) is 111 cm³/mol. The molecule has 2 aromatic carbocycles. The largest absolute Gasteiger partial charge is 0.494 e. The summed E-state index contributed by atoms with van der Waals surface area (Å²) in [5.74, 6) is 0.158. The summed E-state index contributed by atoms with van der Waals surface area (Å²) in [5, 5.41) is 0. The molecule has 0 N–H and O–H groups in total. The zero-order chi connectivity index (χ0) is 19.9. The molecule has 0 bridgehead atoms. The second kappa shape index (κ2) is 9.64. The zero-order valence-electron chi connectivity index (χ0n) is 16.3. The minimum Gasteiger partial charge on any atom is -0.494 e. The van der Waals surface area contributed by atoms with Crippen molar-refractivity contribution in [1.82, 2.24) is 4.57 Å². The first-order valence-electron chi connectivity index (χ1n) is 9.73. The predicted octanol–water partition coefficient (Wildman–Crippen LogP) is 5.56. The fraction of sp³-hybridized carbons (Fsp3) is 0.364. The first-order valence-corrected chi connectivity index (χ1v) is 10.5. The Morgan fingerprint density at radius 1 is 1.11 bits per heavy atom. The van der Waals surface area contributed by atoms with Gasteiger partial charge in [-0.2, -0.15) is 4.99 Å². The lowest BCUT2D eigenvalue weighted by Gasteiger charge is -2.06. The highest BCUT2D eigenvalue weighted by atomic mass is 32.1. The lowest BCUT2D eigenvalue weighted by Crippen LogP contribution is -2.16. The van der Waals surface area contributed by atoms with Gasteiger partial charge in [-0.25, -0.2) is 4.39 Å². The lowest BCUT2D eigenvalue weighted by molar-refractivity contribution is 0.0997. The fourth-order valence-electron chi connectivity index (χ4n) is 2.96. The minimum absolute atomic E-state index is 0.287. The molecule has 0 atom stereocenters. The van der Waals surface area contributed by atoms with Gasteiger partial charge in [0.1, 0.15) is 11.6 Å². The number of rotatable bonds is 8. The summed E-state index contributed by atoms with van der Waals surface area (Å²) in [6.07, 6.45) is 4.22. The number of hydrogen-bond donors (Lipinski definition) is 0. The Balaban J connectivity index is 1.83. The number of thiazole rings is 1. The summed E-state index contributed by atoms with van der Waals surface area (Å²) < 4.78 is 22.0. The van der Waals surface area contributed by atoms with Gasteiger partial charge in [0.2, 0.25) is 0 Å². The van der Waals surface area contributed by atoms with E-state index in [9.17, 15) is 9.18 Å². The molecule has 1 heterocycles. The van der Waals surface area contributed by atoms with Crippen molar-refractivity contribution in [3.8, 4) is 5.75 Å². The number of halogens is 1. The maximum Gasteiger partial charge on any atom is 0.279 e. The average molecular weight is 401 g/mol. The Morgan fingerprint density at radius 3 is 2.61 bits per heavy atom. The van der Waals surface area contributed by atoms with Crippen LogP contribution < -0.4 is 9.54 Å². The Hall–Kier alpha value is -2.47. The molecule has 0 fully saturated rings. The van der Waals surface area contributed by atoms with E-state index in [1.54, 1.807) is 30.3 Å². The maximum absolute atomic E-state index is 13.5. The van der Waals surface area contributed by atoms with Crippen LogP contribution in [0.3, 0.4) is 0 Å². The normalized spacial score (nSPS) is 11.9. The van der Waals surface area contributed by atoms with Crippen molar-refractivity contribution in [3.05, 3.63) is 58.6 Å². The van der Waals surface area contributed by atoms with Crippen LogP contribution in [0.15, 0.2) is 47.5 Å². The number of amides is 1. The molecule has 148 valence electrons. The van der Waals surface area contributed by atoms with Crippen LogP contribution in [0.1, 0.15) is 49.9 Å². The van der Waals surface area contributed by atoms with Crippen LogP contribution in [0.2, 0.25) is 0 Å². The van der Waals surface area contributed by atoms with Crippen LogP contribution in [-0.4, -0.2) is 17.1 Å². The molecule has 0 radical (unpaired) electrons. The molecular weight excluding hydrogens is 375 g/mol. The molecule has 0 spiro atoms. The third-order valence-electron chi connectivity index (χ3n) is 4.41. The quantitative estimate of drug-likeness (QED) is 0.465. The number of fused-ring (bicyclic) bond motifs is 1. The number of carbonyl (C=O) groups is 1. The smallest absolute Gasteiger partial charge is 0.279 e. The van der Waals surface area contributed by atoms with Gasteiger partial charge in [0.15, 0.2) is 4.80 Å². The van der Waals surface area contributed by atoms with Crippen molar-refractivity contribution >= 4 is 27.5 Å². The molecule has 0 aliphatic carbocycles. The van der Waals surface area contributed by atoms with Gasteiger partial charge in [-0.05, 0) is 55.3 Å². The number of aromatic nitrogens is 1. The summed E-state index contributed by atoms with van der Waals surface area (Å²) in [6, 6.07) is 11.7. The van der Waals surface area contributed by atoms with Crippen molar-refractivity contribution in [1.29, 1.82) is 0 Å². The van der Waals surface area contributed by atoms with E-state index in [2.05, 4.69) is 18.8 Å². The molecule has 1 aromatic heterocycles. The van der Waals surface area contributed by atoms with Gasteiger partial charge in [-0.3, -0.25) is 4.79 Å². The summed E-state index contributed by atoms with van der Waals surface area (Å²) >= 11 is 1.33. The van der Waals surface area contributed by atoms with Crippen LogP contribution in [0.25, 0.3) is 10.2 Å². The molecule has 0 saturated heterocycles. The number of benzene rings is 2. The number of nitrogens with zero attached hydrogens (tertiary/aromatic N) is 2. The molecule has 3 aromatic rings. The number of ether oxygens (including phenoxy) is 1. The summed E-state index contributed by atoms with van der Waals surface area (Å²) in [4.78, 5) is 17.5. The van der Waals surface area contributed by atoms with Gasteiger partial charge >= 0.3 is 0 Å². The van der Waals surface area contributed by atoms with Gasteiger partial charge in [-0.15, -0.1) is 0 Å². The van der Waals surface area contributed by atoms with Crippen LogP contribution >= 0.6 is 11.3 Å². The molecule has 0 aliphatic heterocycles. The van der Waals surface area contributed by atoms with Crippen LogP contribution in [0.5, 0.6) is 5.75 Å². The molecular formula is C22H25FN2O2S. The third-order valence-corrected chi connectivity index (χ3v) is 5.45. The van der Waals surface area contributed by atoms with Crippen molar-refractivity contribution in [2.45, 2.75) is 46.1 Å². The topological polar surface area (TPSA) is 43.6 Å². The second-order valence-corrected chi connectivity index (χ2v) is 7.65. The van der Waals surface area contributed by atoms with Crippen LogP contribution in [0, 0.1) is 5.82 Å². The van der Waals surface area contributed by atoms with Crippen molar-refractivity contribution in [3.63, 3.8) is 0 Å². The summed E-state index contributed by atoms with van der Waals surface area (Å²) in [6.45, 7) is 5.62. The highest BCUT2D eigenvalue weighted by molar-refractivity contribution is 7.16. The summed E-state index contributed by atoms with van der Waals surface area (Å²) in [5.41, 5.74) is 1.41. The summed E-state index contributed by atoms with van der Waals surface area (Å²) in [7, 11) is 0. The number of hydrogen-bond acceptors (Lipinski definition) is 3. The standard InChI is InChI=1S/C22H25FN2O2S/c1-3-5-6-14-27-18-10-7-16(8-11-18)21(26)24-22-25(13-4-2)19-12-9-17(23)15-20(19)28-22/h7-12,15H,3-6,13-14H2,1-2H3. The van der Waals surface area contributed by atoms with Gasteiger partial charge in [0, 0.05) is 12.1 Å². The van der Waals surface area contributed by atoms with E-state index in [-0.39, 0.29) is 11.7 Å². The lowest BCUT2D eigenvalue weighted by atomic mass is 10.2. The highest BCUT2D eigenvalue weighted by Gasteiger charge is 2.10. The molecule has 28 heavy (non-hydrogen) atoms. The van der Waals surface area contributed by atoms with E-state index in [1.165, 1.54) is 23.5 Å². The Bertz CT molecular complexity index is 1010. The van der Waals surface area contributed by atoms with Crippen molar-refractivity contribution < 1.29 is 13.9 Å². The highest BCUT2D eigenvalue weighted by Crippen LogP contribution is 2.19. The third kappa shape index (κ3) is 4.87. The van der Waals surface area contributed by atoms with Gasteiger partial charge < -0.3 is 9.30 Å². The number of unbranched alkanes of at least 4 members (excludes halogenated alkanes) is 2. The molecule has 3 rings (SSSR count). The monoisotopic (exact) mass is 400 g/mol. The van der Waals surface area contributed by atoms with Gasteiger partial charge in [-0.1, -0.05) is 38.0 Å². The second-order valence-electron chi connectivity index (χ2n) is 6.65. The van der Waals surface area contributed by atoms with E-state index >= 15 is 0 Å². The van der Waals surface area contributed by atoms with E-state index in [4.69, 9.17) is 4.74 Å².